The van der Waals surface area contributed by atoms with E-state index in [4.69, 9.17) is 0 Å². The summed E-state index contributed by atoms with van der Waals surface area (Å²) in [7, 11) is 1.71. The van der Waals surface area contributed by atoms with Crippen molar-refractivity contribution in [2.75, 3.05) is 0 Å². The van der Waals surface area contributed by atoms with E-state index >= 15 is 0 Å². The van der Waals surface area contributed by atoms with Crippen LogP contribution >= 0.6 is 0 Å². The van der Waals surface area contributed by atoms with Gasteiger partial charge in [-0.15, -0.1) is 0 Å². The summed E-state index contributed by atoms with van der Waals surface area (Å²) >= 11 is 0. The molecule has 0 bridgehead atoms. The molecule has 2 aromatic heterocycles. The van der Waals surface area contributed by atoms with Crippen LogP contribution in [0.3, 0.4) is 0 Å². The maximum atomic E-state index is 11.0. The average Bonchev–Trinajstić information content (AvgIpc) is 2.73. The Bertz CT molecular complexity index is 443. The molecule has 0 saturated heterocycles. The zero-order chi connectivity index (χ0) is 13.8. The third-order valence-corrected chi connectivity index (χ3v) is 1.68. The lowest BCUT2D eigenvalue weighted by Crippen LogP contribution is -2.11. The monoisotopic (exact) mass is 239 g/mol. The molecule has 2 heterocycles. The molecule has 17 heavy (non-hydrogen) atoms. The Morgan fingerprint density at radius 1 is 1.12 bits per heavy atom. The number of nitrogens with one attached hydrogen (secondary N) is 1. The normalized spacial score (nSPS) is 7.94. The fourth-order valence-corrected chi connectivity index (χ4v) is 1.06. The number of hydrogen-bond donors (Lipinski definition) is 1. The van der Waals surface area contributed by atoms with E-state index in [-0.39, 0.29) is 5.69 Å². The maximum absolute atomic E-state index is 11.0. The average molecular weight is 239 g/mol. The van der Waals surface area contributed by atoms with E-state index in [9.17, 15) is 4.79 Å². The molecule has 0 fully saturated rings. The highest BCUT2D eigenvalue weighted by molar-refractivity contribution is 5.69. The molecule has 1 N–H and O–H groups in total. The molecule has 0 atom stereocenters. The van der Waals surface area contributed by atoms with Gasteiger partial charge < -0.3 is 0 Å². The van der Waals surface area contributed by atoms with Crippen LogP contribution < -0.4 is 5.69 Å². The zero-order valence-electron chi connectivity index (χ0n) is 12.0. The quantitative estimate of drug-likeness (QED) is 0.766. The topological polar surface area (TPSA) is 50.7 Å². The lowest BCUT2D eigenvalue weighted by Gasteiger charge is -1.88. The minimum atomic E-state index is -0.126. The fraction of sp³-hybridized carbons (Fsp3) is 0.538. The predicted octanol–water partition coefficient (Wildman–Crippen LogP) is 3.34. The summed E-state index contributed by atoms with van der Waals surface area (Å²) < 4.78 is 1.53. The van der Waals surface area contributed by atoms with Gasteiger partial charge in [0.1, 0.15) is 0 Å². The van der Waals surface area contributed by atoms with Crippen molar-refractivity contribution in [3.05, 3.63) is 28.8 Å². The largest absolute Gasteiger partial charge is 0.327 e. The molecular weight excluding hydrogens is 214 g/mol. The van der Waals surface area contributed by atoms with E-state index in [1.807, 2.05) is 47.6 Å². The van der Waals surface area contributed by atoms with Gasteiger partial charge >= 0.3 is 5.69 Å². The van der Waals surface area contributed by atoms with Crippen LogP contribution in [0.4, 0.5) is 0 Å². The van der Waals surface area contributed by atoms with Crippen molar-refractivity contribution >= 4 is 11.2 Å². The Morgan fingerprint density at radius 2 is 1.65 bits per heavy atom. The molecule has 98 valence electrons. The number of aryl methyl sites for hydroxylation is 1. The lowest BCUT2D eigenvalue weighted by molar-refractivity contribution is 0.891. The first kappa shape index (κ1) is 17.8. The highest BCUT2D eigenvalue weighted by Crippen LogP contribution is 2.02. The Kier molecular flexibility index (Phi) is 11.4. The van der Waals surface area contributed by atoms with E-state index in [0.717, 1.165) is 5.52 Å². The van der Waals surface area contributed by atoms with E-state index in [1.54, 1.807) is 19.3 Å². The molecule has 4 nitrogen and oxygen atoms in total. The van der Waals surface area contributed by atoms with Gasteiger partial charge in [-0.25, -0.2) is 9.78 Å². The number of aromatic nitrogens is 3. The van der Waals surface area contributed by atoms with Crippen LogP contribution in [0.2, 0.25) is 0 Å². The third kappa shape index (κ3) is 4.85. The van der Waals surface area contributed by atoms with Gasteiger partial charge in [-0.2, -0.15) is 0 Å². The van der Waals surface area contributed by atoms with Crippen LogP contribution in [-0.2, 0) is 7.05 Å². The van der Waals surface area contributed by atoms with Crippen molar-refractivity contribution < 1.29 is 0 Å². The first-order valence-electron chi connectivity index (χ1n) is 6.29. The van der Waals surface area contributed by atoms with Gasteiger partial charge in [-0.3, -0.25) is 9.55 Å². The molecule has 2 rings (SSSR count). The van der Waals surface area contributed by atoms with Gasteiger partial charge in [0.05, 0.1) is 5.52 Å². The molecule has 2 aromatic rings. The zero-order valence-corrected chi connectivity index (χ0v) is 12.0. The third-order valence-electron chi connectivity index (χ3n) is 1.68. The van der Waals surface area contributed by atoms with Gasteiger partial charge in [0.2, 0.25) is 0 Å². The van der Waals surface area contributed by atoms with Gasteiger partial charge in [0.15, 0.2) is 5.65 Å². The van der Waals surface area contributed by atoms with Crippen LogP contribution in [0.25, 0.3) is 11.2 Å². The van der Waals surface area contributed by atoms with E-state index < -0.39 is 0 Å². The van der Waals surface area contributed by atoms with Crippen molar-refractivity contribution in [3.8, 4) is 0 Å². The molecule has 0 saturated carbocycles. The van der Waals surface area contributed by atoms with Crippen molar-refractivity contribution in [2.24, 2.45) is 7.05 Å². The van der Waals surface area contributed by atoms with Crippen LogP contribution in [0.15, 0.2) is 23.1 Å². The minimum absolute atomic E-state index is 0.126. The van der Waals surface area contributed by atoms with Crippen molar-refractivity contribution in [1.29, 1.82) is 0 Å². The number of rotatable bonds is 0. The molecule has 0 amide bonds. The first-order chi connectivity index (χ1) is 8.29. The molecule has 0 spiro atoms. The van der Waals surface area contributed by atoms with Gasteiger partial charge in [0.25, 0.3) is 0 Å². The molecule has 0 aliphatic heterocycles. The Labute approximate surface area is 104 Å². The molecular formula is C13H25N3O. The standard InChI is InChI=1S/C7H7N3O.3C2H6/c1-10-5-3-2-4-8-6(5)9-7(10)11;3*1-2/h2-4H,1H3,(H,8,9,11);3*1-2H3. The number of nitrogens with zero attached hydrogens (tertiary/aromatic N) is 2. The van der Waals surface area contributed by atoms with E-state index in [1.165, 1.54) is 4.57 Å². The molecule has 0 radical (unpaired) electrons. The summed E-state index contributed by atoms with van der Waals surface area (Å²) in [6.45, 7) is 12.0. The molecule has 0 aliphatic rings. The van der Waals surface area contributed by atoms with Gasteiger partial charge in [-0.05, 0) is 12.1 Å². The summed E-state index contributed by atoms with van der Waals surface area (Å²) in [5.74, 6) is 0. The number of pyridine rings is 1. The number of aromatic amines is 1. The molecule has 0 unspecified atom stereocenters. The Balaban J connectivity index is 0. The summed E-state index contributed by atoms with van der Waals surface area (Å²) in [6, 6.07) is 3.65. The van der Waals surface area contributed by atoms with E-state index in [2.05, 4.69) is 9.97 Å². The number of H-pyrrole nitrogens is 1. The summed E-state index contributed by atoms with van der Waals surface area (Å²) in [6.07, 6.45) is 1.65. The van der Waals surface area contributed by atoms with Crippen LogP contribution in [-0.4, -0.2) is 14.5 Å². The summed E-state index contributed by atoms with van der Waals surface area (Å²) in [4.78, 5) is 17.6. The lowest BCUT2D eigenvalue weighted by atomic mass is 10.4. The van der Waals surface area contributed by atoms with Crippen LogP contribution in [0, 0.1) is 0 Å². The Hall–Kier alpha value is -1.58. The Morgan fingerprint density at radius 3 is 2.12 bits per heavy atom. The second-order valence-corrected chi connectivity index (χ2v) is 2.36. The van der Waals surface area contributed by atoms with Crippen molar-refractivity contribution in [3.63, 3.8) is 0 Å². The summed E-state index contributed by atoms with van der Waals surface area (Å²) in [5, 5.41) is 0. The molecule has 0 aromatic carbocycles. The van der Waals surface area contributed by atoms with Crippen molar-refractivity contribution in [1.82, 2.24) is 14.5 Å². The highest BCUT2D eigenvalue weighted by Gasteiger charge is 2.00. The SMILES string of the molecule is CC.CC.CC.Cn1c(=O)[nH]c2ncccc21. The minimum Gasteiger partial charge on any atom is -0.294 e. The van der Waals surface area contributed by atoms with Crippen molar-refractivity contribution in [2.45, 2.75) is 41.5 Å². The fourth-order valence-electron chi connectivity index (χ4n) is 1.06. The second kappa shape index (κ2) is 10.9. The summed E-state index contributed by atoms with van der Waals surface area (Å²) in [5.41, 5.74) is 1.34. The number of fused-ring (bicyclic) bond motifs is 1. The first-order valence-corrected chi connectivity index (χ1v) is 6.29. The number of imidazole rings is 1. The van der Waals surface area contributed by atoms with Crippen LogP contribution in [0.1, 0.15) is 41.5 Å². The number of hydrogen-bond acceptors (Lipinski definition) is 2. The molecule has 4 heteroatoms. The maximum Gasteiger partial charge on any atom is 0.327 e. The highest BCUT2D eigenvalue weighted by atomic mass is 16.1. The second-order valence-electron chi connectivity index (χ2n) is 2.36. The predicted molar refractivity (Wildman–Crippen MR) is 75.4 cm³/mol. The van der Waals surface area contributed by atoms with Gasteiger partial charge in [-0.1, -0.05) is 41.5 Å². The van der Waals surface area contributed by atoms with Gasteiger partial charge in [0, 0.05) is 13.2 Å². The smallest absolute Gasteiger partial charge is 0.294 e. The van der Waals surface area contributed by atoms with Crippen LogP contribution in [0.5, 0.6) is 0 Å². The molecule has 0 aliphatic carbocycles. The van der Waals surface area contributed by atoms with E-state index in [0.29, 0.717) is 5.65 Å².